The molecule has 29 heavy (non-hydrogen) atoms. The smallest absolute Gasteiger partial charge is 0.237 e. The van der Waals surface area contributed by atoms with E-state index in [4.69, 9.17) is 4.74 Å². The minimum absolute atomic E-state index is 0.00357. The Labute approximate surface area is 173 Å². The molecule has 0 aliphatic rings. The first-order valence-corrected chi connectivity index (χ1v) is 10.3. The second-order valence-electron chi connectivity index (χ2n) is 6.38. The maximum Gasteiger partial charge on any atom is 0.237 e. The molecule has 0 aliphatic carbocycles. The number of aromatic nitrogens is 3. The maximum atomic E-state index is 13.0. The molecule has 1 amide bonds. The fourth-order valence-corrected chi connectivity index (χ4v) is 3.69. The third-order valence-electron chi connectivity index (χ3n) is 4.37. The van der Waals surface area contributed by atoms with Crippen molar-refractivity contribution >= 4 is 23.4 Å². The van der Waals surface area contributed by atoms with Crippen molar-refractivity contribution in [1.29, 1.82) is 0 Å². The zero-order valence-electron chi connectivity index (χ0n) is 16.6. The summed E-state index contributed by atoms with van der Waals surface area (Å²) < 4.78 is 20.7. The maximum absolute atomic E-state index is 13.0. The van der Waals surface area contributed by atoms with Crippen LogP contribution >= 0.6 is 11.8 Å². The first-order valence-electron chi connectivity index (χ1n) is 9.29. The molecule has 0 spiro atoms. The van der Waals surface area contributed by atoms with Crippen LogP contribution in [-0.4, -0.2) is 33.0 Å². The largest absolute Gasteiger partial charge is 0.483 e. The van der Waals surface area contributed by atoms with Crippen LogP contribution in [0, 0.1) is 5.82 Å². The average Bonchev–Trinajstić information content (AvgIpc) is 3.10. The van der Waals surface area contributed by atoms with Crippen molar-refractivity contribution in [3.63, 3.8) is 0 Å². The van der Waals surface area contributed by atoms with E-state index in [1.165, 1.54) is 23.9 Å². The summed E-state index contributed by atoms with van der Waals surface area (Å²) >= 11 is 1.33. The molecule has 0 aliphatic heterocycles. The van der Waals surface area contributed by atoms with Crippen molar-refractivity contribution in [3.8, 4) is 5.75 Å². The number of carbonyl (C=O) groups is 1. The van der Waals surface area contributed by atoms with E-state index < -0.39 is 0 Å². The van der Waals surface area contributed by atoms with Crippen molar-refractivity contribution in [2.45, 2.75) is 25.1 Å². The Balaban J connectivity index is 1.63. The number of thioether (sulfide) groups is 1. The molecule has 0 N–H and O–H groups in total. The van der Waals surface area contributed by atoms with Gasteiger partial charge in [0.15, 0.2) is 17.1 Å². The highest BCUT2D eigenvalue weighted by molar-refractivity contribution is 7.99. The molecule has 0 saturated carbocycles. The predicted octanol–water partition coefficient (Wildman–Crippen LogP) is 4.24. The molecule has 8 heteroatoms. The van der Waals surface area contributed by atoms with Gasteiger partial charge in [0.2, 0.25) is 5.91 Å². The zero-order valence-corrected chi connectivity index (χ0v) is 17.4. The van der Waals surface area contributed by atoms with E-state index in [1.54, 1.807) is 17.0 Å². The third-order valence-corrected chi connectivity index (χ3v) is 5.37. The fraction of sp³-hybridized carbons (Fsp3) is 0.286. The zero-order chi connectivity index (χ0) is 20.8. The second-order valence-corrected chi connectivity index (χ2v) is 7.32. The molecule has 152 valence electrons. The summed E-state index contributed by atoms with van der Waals surface area (Å²) in [7, 11) is 1.83. The van der Waals surface area contributed by atoms with E-state index in [1.807, 2.05) is 55.8 Å². The van der Waals surface area contributed by atoms with Crippen molar-refractivity contribution < 1.29 is 13.9 Å². The number of rotatable bonds is 8. The van der Waals surface area contributed by atoms with Gasteiger partial charge in [0.05, 0.1) is 5.75 Å². The van der Waals surface area contributed by atoms with Crippen molar-refractivity contribution in [1.82, 2.24) is 14.8 Å². The lowest BCUT2D eigenvalue weighted by Gasteiger charge is -2.20. The number of anilines is 1. The standard InChI is InChI=1S/C21H23FN4O2S/c1-4-26(17-8-6-5-7-9-17)19(27)14-29-21-24-23-20(25(21)3)15(2)28-18-12-10-16(22)11-13-18/h5-13,15H,4,14H2,1-3H3. The summed E-state index contributed by atoms with van der Waals surface area (Å²) in [6.07, 6.45) is -0.375. The van der Waals surface area contributed by atoms with Crippen LogP contribution in [0.4, 0.5) is 10.1 Å². The van der Waals surface area contributed by atoms with Gasteiger partial charge in [-0.05, 0) is 50.2 Å². The summed E-state index contributed by atoms with van der Waals surface area (Å²) in [6.45, 7) is 4.39. The van der Waals surface area contributed by atoms with E-state index in [0.717, 1.165) is 5.69 Å². The minimum Gasteiger partial charge on any atom is -0.483 e. The van der Waals surface area contributed by atoms with E-state index in [-0.39, 0.29) is 23.6 Å². The van der Waals surface area contributed by atoms with Gasteiger partial charge in [-0.25, -0.2) is 4.39 Å². The van der Waals surface area contributed by atoms with Gasteiger partial charge < -0.3 is 14.2 Å². The lowest BCUT2D eigenvalue weighted by molar-refractivity contribution is -0.116. The van der Waals surface area contributed by atoms with Crippen molar-refractivity contribution in [3.05, 3.63) is 66.2 Å². The van der Waals surface area contributed by atoms with E-state index in [0.29, 0.717) is 23.3 Å². The van der Waals surface area contributed by atoms with Crippen LogP contribution in [0.5, 0.6) is 5.75 Å². The Morgan fingerprint density at radius 3 is 2.52 bits per heavy atom. The van der Waals surface area contributed by atoms with Crippen molar-refractivity contribution in [2.24, 2.45) is 7.05 Å². The van der Waals surface area contributed by atoms with Gasteiger partial charge in [-0.1, -0.05) is 30.0 Å². The number of benzene rings is 2. The summed E-state index contributed by atoms with van der Waals surface area (Å²) in [6, 6.07) is 15.4. The normalized spacial score (nSPS) is 11.9. The van der Waals surface area contributed by atoms with Gasteiger partial charge in [0.25, 0.3) is 0 Å². The first kappa shape index (κ1) is 20.9. The molecule has 0 radical (unpaired) electrons. The molecule has 6 nitrogen and oxygen atoms in total. The highest BCUT2D eigenvalue weighted by atomic mass is 32.2. The minimum atomic E-state index is -0.375. The molecule has 2 aromatic carbocycles. The van der Waals surface area contributed by atoms with Crippen LogP contribution in [0.3, 0.4) is 0 Å². The number of hydrogen-bond donors (Lipinski definition) is 0. The summed E-state index contributed by atoms with van der Waals surface area (Å²) in [5, 5.41) is 9.02. The molecular weight excluding hydrogens is 391 g/mol. The molecule has 0 fully saturated rings. The molecule has 1 unspecified atom stereocenters. The topological polar surface area (TPSA) is 60.3 Å². The van der Waals surface area contributed by atoms with Gasteiger partial charge in [-0.2, -0.15) is 0 Å². The van der Waals surface area contributed by atoms with Crippen LogP contribution in [0.1, 0.15) is 25.8 Å². The Kier molecular flexibility index (Phi) is 6.87. The van der Waals surface area contributed by atoms with Crippen molar-refractivity contribution in [2.75, 3.05) is 17.2 Å². The van der Waals surface area contributed by atoms with Crippen LogP contribution in [0.2, 0.25) is 0 Å². The highest BCUT2D eigenvalue weighted by Gasteiger charge is 2.20. The van der Waals surface area contributed by atoms with Crippen LogP contribution in [0.25, 0.3) is 0 Å². The molecule has 1 heterocycles. The van der Waals surface area contributed by atoms with Gasteiger partial charge in [0, 0.05) is 19.3 Å². The second kappa shape index (κ2) is 9.56. The Bertz CT molecular complexity index is 947. The number of carbonyl (C=O) groups excluding carboxylic acids is 1. The lowest BCUT2D eigenvalue weighted by Crippen LogP contribution is -2.32. The Morgan fingerprint density at radius 2 is 1.86 bits per heavy atom. The number of amides is 1. The molecular formula is C21H23FN4O2S. The number of hydrogen-bond acceptors (Lipinski definition) is 5. The predicted molar refractivity (Wildman–Crippen MR) is 112 cm³/mol. The number of ether oxygens (including phenoxy) is 1. The third kappa shape index (κ3) is 5.14. The molecule has 3 rings (SSSR count). The highest BCUT2D eigenvalue weighted by Crippen LogP contribution is 2.24. The Hall–Kier alpha value is -2.87. The fourth-order valence-electron chi connectivity index (χ4n) is 2.89. The molecule has 0 bridgehead atoms. The van der Waals surface area contributed by atoms with Gasteiger partial charge >= 0.3 is 0 Å². The molecule has 3 aromatic rings. The summed E-state index contributed by atoms with van der Waals surface area (Å²) in [4.78, 5) is 14.4. The summed E-state index contributed by atoms with van der Waals surface area (Å²) in [5.41, 5.74) is 0.876. The average molecular weight is 415 g/mol. The van der Waals surface area contributed by atoms with Crippen LogP contribution in [0.15, 0.2) is 59.8 Å². The van der Waals surface area contributed by atoms with Gasteiger partial charge in [0.1, 0.15) is 11.6 Å². The van der Waals surface area contributed by atoms with E-state index in [9.17, 15) is 9.18 Å². The monoisotopic (exact) mass is 414 g/mol. The quantitative estimate of drug-likeness (QED) is 0.516. The first-order chi connectivity index (χ1) is 14.0. The molecule has 1 aromatic heterocycles. The number of para-hydroxylation sites is 1. The molecule has 0 saturated heterocycles. The SMILES string of the molecule is CCN(C(=O)CSc1nnc(C(C)Oc2ccc(F)cc2)n1C)c1ccccc1. The molecule has 1 atom stereocenters. The van der Waals surface area contributed by atoms with Crippen LogP contribution < -0.4 is 9.64 Å². The number of halogens is 1. The lowest BCUT2D eigenvalue weighted by atomic mass is 10.3. The Morgan fingerprint density at radius 1 is 1.17 bits per heavy atom. The van der Waals surface area contributed by atoms with Gasteiger partial charge in [-0.15, -0.1) is 10.2 Å². The van der Waals surface area contributed by atoms with Crippen LogP contribution in [-0.2, 0) is 11.8 Å². The summed E-state index contributed by atoms with van der Waals surface area (Å²) in [5.74, 6) is 1.11. The van der Waals surface area contributed by atoms with E-state index in [2.05, 4.69) is 10.2 Å². The van der Waals surface area contributed by atoms with E-state index >= 15 is 0 Å². The number of nitrogens with zero attached hydrogens (tertiary/aromatic N) is 4. The van der Waals surface area contributed by atoms with Gasteiger partial charge in [-0.3, -0.25) is 4.79 Å².